The van der Waals surface area contributed by atoms with Gasteiger partial charge in [-0.2, -0.15) is 0 Å². The number of nitrogens with zero attached hydrogens (tertiary/aromatic N) is 3. The average molecular weight is 386 g/mol. The van der Waals surface area contributed by atoms with E-state index in [9.17, 15) is 4.79 Å². The van der Waals surface area contributed by atoms with E-state index in [1.807, 2.05) is 29.2 Å². The second kappa shape index (κ2) is 7.79. The molecule has 0 unspecified atom stereocenters. The van der Waals surface area contributed by atoms with Crippen LogP contribution in [0.1, 0.15) is 19.3 Å². The van der Waals surface area contributed by atoms with Gasteiger partial charge in [-0.15, -0.1) is 5.10 Å². The van der Waals surface area contributed by atoms with Gasteiger partial charge in [0.2, 0.25) is 5.91 Å². The second-order valence-electron chi connectivity index (χ2n) is 5.25. The van der Waals surface area contributed by atoms with Gasteiger partial charge in [0.15, 0.2) is 8.29 Å². The summed E-state index contributed by atoms with van der Waals surface area (Å²) in [6, 6.07) is 7.38. The number of rotatable bonds is 4. The number of halogens is 1. The lowest BCUT2D eigenvalue weighted by Crippen LogP contribution is -2.36. The molecule has 1 aromatic heterocycles. The maximum Gasteiger partial charge on any atom is 0.233 e. The molecule has 0 atom stereocenters. The van der Waals surface area contributed by atoms with Crippen molar-refractivity contribution in [2.75, 3.05) is 18.8 Å². The van der Waals surface area contributed by atoms with Crippen molar-refractivity contribution in [3.05, 3.63) is 33.2 Å². The van der Waals surface area contributed by atoms with Crippen molar-refractivity contribution < 1.29 is 4.79 Å². The first-order valence-electron chi connectivity index (χ1n) is 7.40. The number of benzene rings is 1. The lowest BCUT2D eigenvalue weighted by atomic mass is 10.1. The summed E-state index contributed by atoms with van der Waals surface area (Å²) in [6.45, 7) is 1.77. The standard InChI is InChI=1S/C15H16ClN3OS3/c16-11-4-6-12(7-5-11)19-15(21)23-14(17-19)22-10-13(20)18-8-2-1-3-9-18/h4-7H,1-3,8-10H2. The third-order valence-corrected chi connectivity index (χ3v) is 6.23. The van der Waals surface area contributed by atoms with Gasteiger partial charge in [0.1, 0.15) is 0 Å². The first-order chi connectivity index (χ1) is 11.1. The van der Waals surface area contributed by atoms with Gasteiger partial charge in [0.05, 0.1) is 11.4 Å². The fourth-order valence-electron chi connectivity index (χ4n) is 2.42. The number of likely N-dealkylation sites (tertiary alicyclic amines) is 1. The van der Waals surface area contributed by atoms with Crippen LogP contribution in [0.3, 0.4) is 0 Å². The van der Waals surface area contributed by atoms with E-state index < -0.39 is 0 Å². The molecule has 3 rings (SSSR count). The molecule has 122 valence electrons. The summed E-state index contributed by atoms with van der Waals surface area (Å²) in [5.74, 6) is 0.608. The van der Waals surface area contributed by atoms with Crippen LogP contribution < -0.4 is 0 Å². The largest absolute Gasteiger partial charge is 0.342 e. The fraction of sp³-hybridized carbons (Fsp3) is 0.400. The molecule has 0 radical (unpaired) electrons. The van der Waals surface area contributed by atoms with Gasteiger partial charge in [-0.1, -0.05) is 34.7 Å². The van der Waals surface area contributed by atoms with Crippen LogP contribution in [-0.4, -0.2) is 39.4 Å². The Balaban J connectivity index is 1.65. The minimum Gasteiger partial charge on any atom is -0.342 e. The van der Waals surface area contributed by atoms with Crippen LogP contribution >= 0.6 is 46.9 Å². The third kappa shape index (κ3) is 4.35. The monoisotopic (exact) mass is 385 g/mol. The van der Waals surface area contributed by atoms with Gasteiger partial charge in [0.25, 0.3) is 0 Å². The summed E-state index contributed by atoms with van der Waals surface area (Å²) in [7, 11) is 0. The quantitative estimate of drug-likeness (QED) is 0.576. The zero-order chi connectivity index (χ0) is 16.2. The molecule has 1 saturated heterocycles. The predicted octanol–water partition coefficient (Wildman–Crippen LogP) is 4.42. The van der Waals surface area contributed by atoms with Crippen molar-refractivity contribution in [2.24, 2.45) is 0 Å². The minimum absolute atomic E-state index is 0.189. The van der Waals surface area contributed by atoms with Crippen LogP contribution in [0.25, 0.3) is 5.69 Å². The number of hydrogen-bond donors (Lipinski definition) is 0. The zero-order valence-corrected chi connectivity index (χ0v) is 15.6. The molecular weight excluding hydrogens is 370 g/mol. The zero-order valence-electron chi connectivity index (χ0n) is 12.4. The molecule has 1 aromatic carbocycles. The number of carbonyl (C=O) groups is 1. The van der Waals surface area contributed by atoms with Gasteiger partial charge in [-0.25, -0.2) is 4.68 Å². The molecule has 0 N–H and O–H groups in total. The number of amides is 1. The third-order valence-electron chi connectivity index (χ3n) is 3.63. The molecule has 0 aliphatic carbocycles. The van der Waals surface area contributed by atoms with Crippen LogP contribution in [0.15, 0.2) is 28.6 Å². The van der Waals surface area contributed by atoms with Crippen LogP contribution in [0, 0.1) is 3.95 Å². The Morgan fingerprint density at radius 3 is 2.65 bits per heavy atom. The van der Waals surface area contributed by atoms with Crippen molar-refractivity contribution in [1.82, 2.24) is 14.7 Å². The SMILES string of the molecule is O=C(CSc1nn(-c2ccc(Cl)cc2)c(=S)s1)N1CCCCC1. The second-order valence-corrected chi connectivity index (χ2v) is 8.53. The lowest BCUT2D eigenvalue weighted by molar-refractivity contribution is -0.129. The minimum atomic E-state index is 0.189. The molecule has 1 amide bonds. The number of carbonyl (C=O) groups excluding carboxylic acids is 1. The number of hydrogen-bond acceptors (Lipinski definition) is 5. The Morgan fingerprint density at radius 1 is 1.26 bits per heavy atom. The van der Waals surface area contributed by atoms with Gasteiger partial charge in [-0.3, -0.25) is 4.79 Å². The molecule has 1 aliphatic rings. The molecule has 1 fully saturated rings. The van der Waals surface area contributed by atoms with E-state index in [1.54, 1.807) is 4.68 Å². The molecule has 4 nitrogen and oxygen atoms in total. The van der Waals surface area contributed by atoms with Gasteiger partial charge in [0, 0.05) is 18.1 Å². The molecule has 0 saturated carbocycles. The highest BCUT2D eigenvalue weighted by molar-refractivity contribution is 8.01. The Kier molecular flexibility index (Phi) is 5.74. The Hall–Kier alpha value is -0.890. The molecular formula is C15H16ClN3OS3. The fourth-order valence-corrected chi connectivity index (χ4v) is 4.81. The Bertz CT molecular complexity index is 735. The predicted molar refractivity (Wildman–Crippen MR) is 98.4 cm³/mol. The van der Waals surface area contributed by atoms with Crippen molar-refractivity contribution in [1.29, 1.82) is 0 Å². The van der Waals surface area contributed by atoms with Crippen LogP contribution in [-0.2, 0) is 4.79 Å². The van der Waals surface area contributed by atoms with Crippen molar-refractivity contribution >= 4 is 52.8 Å². The first-order valence-corrected chi connectivity index (χ1v) is 9.99. The van der Waals surface area contributed by atoms with Crippen LogP contribution in [0.5, 0.6) is 0 Å². The van der Waals surface area contributed by atoms with E-state index in [4.69, 9.17) is 23.8 Å². The van der Waals surface area contributed by atoms with E-state index in [1.165, 1.54) is 29.5 Å². The Labute approximate surface area is 153 Å². The van der Waals surface area contributed by atoms with Gasteiger partial charge in [-0.05, 0) is 55.7 Å². The molecule has 2 heterocycles. The van der Waals surface area contributed by atoms with E-state index in [0.717, 1.165) is 36.0 Å². The maximum atomic E-state index is 12.2. The summed E-state index contributed by atoms with van der Waals surface area (Å²) >= 11 is 14.2. The summed E-state index contributed by atoms with van der Waals surface area (Å²) in [4.78, 5) is 14.2. The molecule has 0 spiro atoms. The topological polar surface area (TPSA) is 38.1 Å². The van der Waals surface area contributed by atoms with Crippen molar-refractivity contribution in [2.45, 2.75) is 23.6 Å². The highest BCUT2D eigenvalue weighted by Gasteiger charge is 2.17. The first kappa shape index (κ1) is 17.0. The number of thioether (sulfide) groups is 1. The summed E-state index contributed by atoms with van der Waals surface area (Å²) < 4.78 is 3.19. The lowest BCUT2D eigenvalue weighted by Gasteiger charge is -2.26. The summed E-state index contributed by atoms with van der Waals surface area (Å²) in [5.41, 5.74) is 0.879. The number of piperidine rings is 1. The highest BCUT2D eigenvalue weighted by atomic mass is 35.5. The normalized spacial score (nSPS) is 14.9. The van der Waals surface area contributed by atoms with Crippen LogP contribution in [0.2, 0.25) is 5.02 Å². The number of aromatic nitrogens is 2. The van der Waals surface area contributed by atoms with Crippen molar-refractivity contribution in [3.8, 4) is 5.69 Å². The smallest absolute Gasteiger partial charge is 0.233 e. The van der Waals surface area contributed by atoms with E-state index in [2.05, 4.69) is 5.10 Å². The molecule has 0 bridgehead atoms. The van der Waals surface area contributed by atoms with Crippen molar-refractivity contribution in [3.63, 3.8) is 0 Å². The highest BCUT2D eigenvalue weighted by Crippen LogP contribution is 2.25. The van der Waals surface area contributed by atoms with E-state index >= 15 is 0 Å². The van der Waals surface area contributed by atoms with E-state index in [0.29, 0.717) is 14.7 Å². The molecule has 8 heteroatoms. The molecule has 23 heavy (non-hydrogen) atoms. The van der Waals surface area contributed by atoms with E-state index in [-0.39, 0.29) is 5.91 Å². The Morgan fingerprint density at radius 2 is 1.96 bits per heavy atom. The average Bonchev–Trinajstić information content (AvgIpc) is 2.95. The van der Waals surface area contributed by atoms with Gasteiger partial charge < -0.3 is 4.90 Å². The maximum absolute atomic E-state index is 12.2. The summed E-state index contributed by atoms with van der Waals surface area (Å²) in [5, 5.41) is 5.18. The molecule has 2 aromatic rings. The molecule has 1 aliphatic heterocycles. The summed E-state index contributed by atoms with van der Waals surface area (Å²) in [6.07, 6.45) is 3.45. The van der Waals surface area contributed by atoms with Gasteiger partial charge >= 0.3 is 0 Å². The van der Waals surface area contributed by atoms with Crippen LogP contribution in [0.4, 0.5) is 0 Å².